The molecule has 4 rings (SSSR count). The zero-order chi connectivity index (χ0) is 20.9. The van der Waals surface area contributed by atoms with Gasteiger partial charge in [0.25, 0.3) is 5.91 Å². The molecule has 0 radical (unpaired) electrons. The molecule has 1 aromatic rings. The van der Waals surface area contributed by atoms with E-state index in [1.165, 1.54) is 12.1 Å². The van der Waals surface area contributed by atoms with Gasteiger partial charge in [-0.15, -0.1) is 0 Å². The number of aliphatic hydroxyl groups is 1. The van der Waals surface area contributed by atoms with Gasteiger partial charge in [0.2, 0.25) is 0 Å². The largest absolute Gasteiger partial charge is 0.509 e. The number of nitrogens with zero attached hydrogens (tertiary/aromatic N) is 2. The number of aliphatic hydroxyl groups excluding tert-OH is 1. The van der Waals surface area contributed by atoms with Gasteiger partial charge in [0.15, 0.2) is 5.57 Å². The Kier molecular flexibility index (Phi) is 4.56. The summed E-state index contributed by atoms with van der Waals surface area (Å²) in [6.07, 6.45) is 2.25. The predicted octanol–water partition coefficient (Wildman–Crippen LogP) is 2.74. The highest BCUT2D eigenvalue weighted by Crippen LogP contribution is 2.48. The zero-order valence-electron chi connectivity index (χ0n) is 16.6. The van der Waals surface area contributed by atoms with Gasteiger partial charge >= 0.3 is 5.97 Å². The van der Waals surface area contributed by atoms with Crippen LogP contribution in [0.4, 0.5) is 4.39 Å². The van der Waals surface area contributed by atoms with Gasteiger partial charge in [-0.05, 0) is 42.2 Å². The first kappa shape index (κ1) is 19.4. The van der Waals surface area contributed by atoms with Gasteiger partial charge in [-0.1, -0.05) is 26.0 Å². The minimum Gasteiger partial charge on any atom is -0.509 e. The van der Waals surface area contributed by atoms with Crippen molar-refractivity contribution in [3.8, 4) is 0 Å². The van der Waals surface area contributed by atoms with Crippen LogP contribution in [0.25, 0.3) is 0 Å². The lowest BCUT2D eigenvalue weighted by molar-refractivity contribution is -0.143. The molecule has 0 aliphatic carbocycles. The summed E-state index contributed by atoms with van der Waals surface area (Å²) in [7, 11) is 0. The summed E-state index contributed by atoms with van der Waals surface area (Å²) in [4.78, 5) is 31.4. The van der Waals surface area contributed by atoms with E-state index in [9.17, 15) is 19.1 Å². The Morgan fingerprint density at radius 1 is 1.34 bits per heavy atom. The van der Waals surface area contributed by atoms with E-state index in [0.29, 0.717) is 13.0 Å². The maximum Gasteiger partial charge on any atom is 0.347 e. The highest BCUT2D eigenvalue weighted by Gasteiger charge is 2.56. The number of hydrogen-bond acceptors (Lipinski definition) is 5. The van der Waals surface area contributed by atoms with Gasteiger partial charge in [0.05, 0.1) is 12.6 Å². The molecule has 7 heteroatoms. The number of carbonyl (C=O) groups excluding carboxylic acids is 2. The molecule has 2 unspecified atom stereocenters. The average molecular weight is 398 g/mol. The van der Waals surface area contributed by atoms with Crippen molar-refractivity contribution in [3.63, 3.8) is 0 Å². The van der Waals surface area contributed by atoms with Crippen molar-refractivity contribution < 1.29 is 23.8 Å². The molecule has 3 aliphatic heterocycles. The van der Waals surface area contributed by atoms with Crippen molar-refractivity contribution in [2.75, 3.05) is 13.2 Å². The van der Waals surface area contributed by atoms with Crippen LogP contribution >= 0.6 is 0 Å². The summed E-state index contributed by atoms with van der Waals surface area (Å²) in [6, 6.07) is 5.13. The van der Waals surface area contributed by atoms with Crippen molar-refractivity contribution in [2.24, 2.45) is 10.4 Å². The van der Waals surface area contributed by atoms with Crippen LogP contribution in [0.1, 0.15) is 26.3 Å². The third-order valence-corrected chi connectivity index (χ3v) is 5.76. The molecular formula is C22H23FN2O4. The molecule has 29 heavy (non-hydrogen) atoms. The predicted molar refractivity (Wildman–Crippen MR) is 105 cm³/mol. The van der Waals surface area contributed by atoms with Gasteiger partial charge in [0.1, 0.15) is 17.6 Å². The molecule has 1 aromatic carbocycles. The monoisotopic (exact) mass is 398 g/mol. The molecule has 1 N–H and O–H groups in total. The van der Waals surface area contributed by atoms with E-state index in [4.69, 9.17) is 4.74 Å². The van der Waals surface area contributed by atoms with Crippen LogP contribution in [-0.2, 0) is 20.7 Å². The summed E-state index contributed by atoms with van der Waals surface area (Å²) in [6.45, 7) is 6.24. The van der Waals surface area contributed by atoms with E-state index in [2.05, 4.69) is 4.99 Å². The van der Waals surface area contributed by atoms with Crippen LogP contribution in [-0.4, -0.2) is 53.3 Å². The molecule has 6 nitrogen and oxygen atoms in total. The lowest BCUT2D eigenvalue weighted by Gasteiger charge is -2.37. The van der Waals surface area contributed by atoms with Gasteiger partial charge < -0.3 is 14.7 Å². The van der Waals surface area contributed by atoms with E-state index < -0.39 is 24.0 Å². The molecule has 0 saturated carbocycles. The molecule has 2 atom stereocenters. The van der Waals surface area contributed by atoms with Crippen LogP contribution in [0.15, 0.2) is 51.7 Å². The van der Waals surface area contributed by atoms with E-state index in [-0.39, 0.29) is 29.2 Å². The van der Waals surface area contributed by atoms with Crippen molar-refractivity contribution in [3.05, 3.63) is 58.1 Å². The van der Waals surface area contributed by atoms with Gasteiger partial charge in [-0.2, -0.15) is 0 Å². The van der Waals surface area contributed by atoms with Crippen molar-refractivity contribution >= 4 is 18.1 Å². The van der Waals surface area contributed by atoms with E-state index in [0.717, 1.165) is 16.7 Å². The van der Waals surface area contributed by atoms with Crippen LogP contribution in [0.2, 0.25) is 0 Å². The van der Waals surface area contributed by atoms with E-state index in [1.54, 1.807) is 30.2 Å². The van der Waals surface area contributed by atoms with Crippen molar-refractivity contribution in [1.82, 2.24) is 4.90 Å². The molecule has 3 heterocycles. The lowest BCUT2D eigenvalue weighted by atomic mass is 9.76. The number of esters is 1. The van der Waals surface area contributed by atoms with Crippen molar-refractivity contribution in [2.45, 2.75) is 39.3 Å². The number of allylic oxidation sites excluding steroid dienone is 1. The summed E-state index contributed by atoms with van der Waals surface area (Å²) in [5, 5.41) is 10.7. The fraction of sp³-hybridized carbons (Fsp3) is 0.409. The number of ether oxygens (including phenoxy) is 1. The van der Waals surface area contributed by atoms with Gasteiger partial charge in [0, 0.05) is 18.2 Å². The molecule has 1 amide bonds. The van der Waals surface area contributed by atoms with E-state index in [1.807, 2.05) is 13.8 Å². The maximum absolute atomic E-state index is 13.2. The van der Waals surface area contributed by atoms with Gasteiger partial charge in [-0.25, -0.2) is 9.18 Å². The SMILES string of the molecule is CCOC(=O)C1=C(O)C2N=CC(Cc3ccc(F)cc3)=C3C2N(CC3(C)C)C1=O. The fourth-order valence-electron chi connectivity index (χ4n) is 4.62. The second-order valence-electron chi connectivity index (χ2n) is 8.21. The highest BCUT2D eigenvalue weighted by molar-refractivity contribution is 6.18. The fourth-order valence-corrected chi connectivity index (χ4v) is 4.62. The van der Waals surface area contributed by atoms with E-state index >= 15 is 0 Å². The van der Waals surface area contributed by atoms with Gasteiger partial charge in [-0.3, -0.25) is 9.79 Å². The number of benzene rings is 1. The minimum atomic E-state index is -0.823. The first-order valence-corrected chi connectivity index (χ1v) is 9.67. The Hall–Kier alpha value is -2.96. The van der Waals surface area contributed by atoms with Crippen LogP contribution in [0.3, 0.4) is 0 Å². The Labute approximate surface area is 168 Å². The quantitative estimate of drug-likeness (QED) is 0.625. The normalized spacial score (nSPS) is 24.8. The highest BCUT2D eigenvalue weighted by atomic mass is 19.1. The number of dihydropyridines is 1. The van der Waals surface area contributed by atoms with Crippen LogP contribution in [0.5, 0.6) is 0 Å². The number of amides is 1. The topological polar surface area (TPSA) is 79.2 Å². The molecule has 152 valence electrons. The third kappa shape index (κ3) is 3.05. The number of rotatable bonds is 4. The summed E-state index contributed by atoms with van der Waals surface area (Å²) in [5.74, 6) is -1.97. The second kappa shape index (κ2) is 6.83. The summed E-state index contributed by atoms with van der Waals surface area (Å²) < 4.78 is 18.2. The molecule has 0 aromatic heterocycles. The molecule has 0 bridgehead atoms. The Balaban J connectivity index is 1.77. The van der Waals surface area contributed by atoms with Crippen LogP contribution < -0.4 is 0 Å². The number of hydrogen-bond donors (Lipinski definition) is 1. The lowest BCUT2D eigenvalue weighted by Crippen LogP contribution is -2.51. The second-order valence-corrected chi connectivity index (χ2v) is 8.21. The Bertz CT molecular complexity index is 975. The molecule has 0 spiro atoms. The standard InChI is InChI=1S/C22H23FN2O4/c1-4-29-21(28)15-19(26)17-18-16(22(2,3)11-25(18)20(15)27)13(10-24-17)9-12-5-7-14(23)8-6-12/h5-8,10,17-18,26H,4,9,11H2,1-3H3. The summed E-state index contributed by atoms with van der Waals surface area (Å²) >= 11 is 0. The first-order valence-electron chi connectivity index (χ1n) is 9.67. The number of aliphatic imine (C=N–C) groups is 1. The molecule has 1 fully saturated rings. The third-order valence-electron chi connectivity index (χ3n) is 5.76. The molecule has 1 saturated heterocycles. The first-order chi connectivity index (χ1) is 13.7. The summed E-state index contributed by atoms with van der Waals surface area (Å²) in [5.41, 5.74) is 2.21. The molecule has 3 aliphatic rings. The van der Waals surface area contributed by atoms with Crippen molar-refractivity contribution in [1.29, 1.82) is 0 Å². The number of halogens is 1. The minimum absolute atomic E-state index is 0.110. The number of carbonyl (C=O) groups is 2. The molecular weight excluding hydrogens is 375 g/mol. The van der Waals surface area contributed by atoms with Crippen LogP contribution in [0, 0.1) is 11.2 Å². The average Bonchev–Trinajstić information content (AvgIpc) is 2.96. The Morgan fingerprint density at radius 3 is 2.69 bits per heavy atom. The maximum atomic E-state index is 13.2. The smallest absolute Gasteiger partial charge is 0.347 e. The zero-order valence-corrected chi connectivity index (χ0v) is 16.6. The Morgan fingerprint density at radius 2 is 2.03 bits per heavy atom.